The van der Waals surface area contributed by atoms with Crippen molar-refractivity contribution >= 4 is 29.5 Å². The van der Waals surface area contributed by atoms with Gasteiger partial charge in [-0.25, -0.2) is 9.78 Å². The number of nitrogens with one attached hydrogen (secondary N) is 3. The molecule has 9 heteroatoms. The number of anilines is 1. The molecule has 3 aromatic rings. The lowest BCUT2D eigenvalue weighted by molar-refractivity contribution is -0.115. The summed E-state index contributed by atoms with van der Waals surface area (Å²) in [5.41, 5.74) is 2.84. The zero-order valence-electron chi connectivity index (χ0n) is 14.6. The highest BCUT2D eigenvalue weighted by atomic mass is 16.3. The molecule has 0 spiro atoms. The summed E-state index contributed by atoms with van der Waals surface area (Å²) in [6, 6.07) is 8.54. The second-order valence-corrected chi connectivity index (χ2v) is 6.79. The molecule has 1 saturated carbocycles. The van der Waals surface area contributed by atoms with Crippen LogP contribution < -0.4 is 16.0 Å². The third-order valence-corrected chi connectivity index (χ3v) is 4.61. The van der Waals surface area contributed by atoms with Gasteiger partial charge in [0.25, 0.3) is 5.91 Å². The topological polar surface area (TPSA) is 121 Å². The van der Waals surface area contributed by atoms with E-state index in [4.69, 9.17) is 4.98 Å². The van der Waals surface area contributed by atoms with Crippen LogP contribution in [0.1, 0.15) is 18.4 Å². The number of phenolic OH excluding ortho intramolecular Hbond substituents is 1. The minimum atomic E-state index is -0.554. The Morgan fingerprint density at radius 3 is 2.64 bits per heavy atom. The van der Waals surface area contributed by atoms with Crippen LogP contribution in [0, 0.1) is 0 Å². The molecule has 2 fully saturated rings. The number of aromatic hydroxyl groups is 1. The third kappa shape index (κ3) is 2.92. The summed E-state index contributed by atoms with van der Waals surface area (Å²) in [6.45, 7) is 0. The minimum absolute atomic E-state index is 0.147. The van der Waals surface area contributed by atoms with Crippen LogP contribution in [-0.4, -0.2) is 37.7 Å². The van der Waals surface area contributed by atoms with Crippen molar-refractivity contribution in [3.63, 3.8) is 0 Å². The Bertz CT molecular complexity index is 1140. The highest BCUT2D eigenvalue weighted by Crippen LogP contribution is 2.29. The van der Waals surface area contributed by atoms with E-state index in [2.05, 4.69) is 21.0 Å². The molecule has 140 valence electrons. The molecule has 28 heavy (non-hydrogen) atoms. The van der Waals surface area contributed by atoms with Gasteiger partial charge in [-0.05, 0) is 43.2 Å². The van der Waals surface area contributed by atoms with Gasteiger partial charge >= 0.3 is 6.03 Å². The molecule has 0 radical (unpaired) electrons. The fourth-order valence-corrected chi connectivity index (χ4v) is 3.04. The number of amides is 3. The van der Waals surface area contributed by atoms with Crippen molar-refractivity contribution in [3.8, 4) is 17.0 Å². The summed E-state index contributed by atoms with van der Waals surface area (Å²) in [6.07, 6.45) is 5.36. The van der Waals surface area contributed by atoms with Crippen molar-refractivity contribution in [2.75, 3.05) is 5.32 Å². The first-order valence-corrected chi connectivity index (χ1v) is 8.85. The van der Waals surface area contributed by atoms with Crippen LogP contribution in [0.4, 0.5) is 10.6 Å². The molecule has 0 bridgehead atoms. The van der Waals surface area contributed by atoms with Crippen molar-refractivity contribution < 1.29 is 14.7 Å². The lowest BCUT2D eigenvalue weighted by atomic mass is 10.1. The van der Waals surface area contributed by atoms with Gasteiger partial charge in [-0.2, -0.15) is 9.61 Å². The Labute approximate surface area is 159 Å². The van der Waals surface area contributed by atoms with Crippen LogP contribution in [0.5, 0.6) is 5.75 Å². The first-order valence-electron chi connectivity index (χ1n) is 8.85. The molecule has 5 rings (SSSR count). The number of rotatable bonds is 4. The Morgan fingerprint density at radius 1 is 1.18 bits per heavy atom. The molecule has 1 saturated heterocycles. The Hall–Kier alpha value is -3.88. The number of hydrogen-bond acceptors (Lipinski definition) is 6. The van der Waals surface area contributed by atoms with Crippen molar-refractivity contribution in [3.05, 3.63) is 47.8 Å². The summed E-state index contributed by atoms with van der Waals surface area (Å²) < 4.78 is 1.68. The molecular formula is C19H16N6O3. The highest BCUT2D eigenvalue weighted by Gasteiger charge is 2.25. The van der Waals surface area contributed by atoms with E-state index in [0.717, 1.165) is 24.2 Å². The molecule has 9 nitrogen and oxygen atoms in total. The second-order valence-electron chi connectivity index (χ2n) is 6.79. The van der Waals surface area contributed by atoms with E-state index in [9.17, 15) is 14.7 Å². The average Bonchev–Trinajstić information content (AvgIpc) is 3.31. The van der Waals surface area contributed by atoms with E-state index in [1.165, 1.54) is 0 Å². The maximum Gasteiger partial charge on any atom is 0.326 e. The zero-order valence-corrected chi connectivity index (χ0v) is 14.6. The number of fused-ring (bicyclic) bond motifs is 1. The molecule has 3 amide bonds. The van der Waals surface area contributed by atoms with Gasteiger partial charge in [-0.1, -0.05) is 0 Å². The lowest BCUT2D eigenvalue weighted by Crippen LogP contribution is -2.22. The maximum atomic E-state index is 11.8. The van der Waals surface area contributed by atoms with E-state index in [1.54, 1.807) is 41.1 Å². The Morgan fingerprint density at radius 2 is 1.96 bits per heavy atom. The predicted molar refractivity (Wildman–Crippen MR) is 101 cm³/mol. The van der Waals surface area contributed by atoms with Gasteiger partial charge in [-0.15, -0.1) is 0 Å². The van der Waals surface area contributed by atoms with Gasteiger partial charge in [0.15, 0.2) is 5.65 Å². The summed E-state index contributed by atoms with van der Waals surface area (Å²) >= 11 is 0. The number of nitrogens with zero attached hydrogens (tertiary/aromatic N) is 3. The zero-order chi connectivity index (χ0) is 19.3. The number of hydrogen-bond donors (Lipinski definition) is 4. The molecule has 0 atom stereocenters. The number of benzene rings is 1. The maximum absolute atomic E-state index is 11.8. The Kier molecular flexibility index (Phi) is 3.54. The van der Waals surface area contributed by atoms with Crippen molar-refractivity contribution in [2.45, 2.75) is 18.9 Å². The molecule has 0 unspecified atom stereocenters. The smallest absolute Gasteiger partial charge is 0.326 e. The predicted octanol–water partition coefficient (Wildman–Crippen LogP) is 1.86. The van der Waals surface area contributed by atoms with E-state index in [0.29, 0.717) is 22.9 Å². The number of carbonyl (C=O) groups excluding carboxylic acids is 2. The third-order valence-electron chi connectivity index (χ3n) is 4.61. The number of carbonyl (C=O) groups is 2. The normalized spacial score (nSPS) is 17.8. The number of phenols is 1. The van der Waals surface area contributed by atoms with Crippen molar-refractivity contribution in [1.82, 2.24) is 25.2 Å². The highest BCUT2D eigenvalue weighted by molar-refractivity contribution is 6.14. The quantitative estimate of drug-likeness (QED) is 0.407. The van der Waals surface area contributed by atoms with Crippen LogP contribution in [0.25, 0.3) is 23.0 Å². The van der Waals surface area contributed by atoms with Crippen LogP contribution in [-0.2, 0) is 4.79 Å². The molecular weight excluding hydrogens is 360 g/mol. The standard InChI is InChI=1S/C19H16N6O3/c26-13-5-1-10(2-6-13)14-8-16(21-12-3-4-12)25-17(22-14)11(9-20-25)7-15-18(27)24-19(28)23-15/h1-2,5-9,12,21,26H,3-4H2,(H2,23,24,27,28)/b15-7+. The monoisotopic (exact) mass is 376 g/mol. The first kappa shape index (κ1) is 16.3. The largest absolute Gasteiger partial charge is 0.508 e. The van der Waals surface area contributed by atoms with Crippen LogP contribution in [0.2, 0.25) is 0 Å². The number of aromatic nitrogens is 3. The molecule has 1 aliphatic heterocycles. The molecule has 4 N–H and O–H groups in total. The number of imide groups is 1. The Balaban J connectivity index is 1.65. The SMILES string of the molecule is O=C1NC(=O)/C(=C\c2cnn3c(NC4CC4)cc(-c4ccc(O)cc4)nc23)N1. The molecule has 3 heterocycles. The van der Waals surface area contributed by atoms with E-state index in [1.807, 2.05) is 6.07 Å². The first-order chi connectivity index (χ1) is 13.6. The van der Waals surface area contributed by atoms with Gasteiger partial charge in [0, 0.05) is 23.2 Å². The van der Waals surface area contributed by atoms with Crippen LogP contribution >= 0.6 is 0 Å². The summed E-state index contributed by atoms with van der Waals surface area (Å²) in [7, 11) is 0. The second kappa shape index (κ2) is 6.08. The molecule has 1 aromatic carbocycles. The van der Waals surface area contributed by atoms with E-state index in [-0.39, 0.29) is 11.4 Å². The summed E-state index contributed by atoms with van der Waals surface area (Å²) in [4.78, 5) is 27.9. The summed E-state index contributed by atoms with van der Waals surface area (Å²) in [5.74, 6) is 0.481. The molecule has 2 aliphatic rings. The van der Waals surface area contributed by atoms with Gasteiger partial charge in [0.2, 0.25) is 0 Å². The van der Waals surface area contributed by atoms with E-state index < -0.39 is 11.9 Å². The summed E-state index contributed by atoms with van der Waals surface area (Å²) in [5, 5.41) is 22.0. The van der Waals surface area contributed by atoms with E-state index >= 15 is 0 Å². The average molecular weight is 376 g/mol. The van der Waals surface area contributed by atoms with Crippen molar-refractivity contribution in [2.24, 2.45) is 0 Å². The van der Waals surface area contributed by atoms with Gasteiger partial charge in [-0.3, -0.25) is 10.1 Å². The van der Waals surface area contributed by atoms with Gasteiger partial charge < -0.3 is 15.7 Å². The molecule has 2 aromatic heterocycles. The minimum Gasteiger partial charge on any atom is -0.508 e. The fraction of sp³-hybridized carbons (Fsp3) is 0.158. The molecule has 1 aliphatic carbocycles. The fourth-order valence-electron chi connectivity index (χ4n) is 3.04. The van der Waals surface area contributed by atoms with Crippen molar-refractivity contribution in [1.29, 1.82) is 0 Å². The van der Waals surface area contributed by atoms with Crippen LogP contribution in [0.15, 0.2) is 42.2 Å². The van der Waals surface area contributed by atoms with Gasteiger partial charge in [0.1, 0.15) is 17.3 Å². The van der Waals surface area contributed by atoms with Crippen LogP contribution in [0.3, 0.4) is 0 Å². The number of urea groups is 1. The van der Waals surface area contributed by atoms with Gasteiger partial charge in [0.05, 0.1) is 11.9 Å². The lowest BCUT2D eigenvalue weighted by Gasteiger charge is -2.10.